The Morgan fingerprint density at radius 1 is 1.40 bits per heavy atom. The molecular formula is C14H20N2O3S. The van der Waals surface area contributed by atoms with Gasteiger partial charge in [-0.1, -0.05) is 25.7 Å². The van der Waals surface area contributed by atoms with Crippen LogP contribution in [0.15, 0.2) is 5.38 Å². The molecule has 0 bridgehead atoms. The molecule has 1 aliphatic carbocycles. The third-order valence-electron chi connectivity index (χ3n) is 3.69. The van der Waals surface area contributed by atoms with Gasteiger partial charge in [0.1, 0.15) is 0 Å². The number of nitrogens with zero attached hydrogens (tertiary/aromatic N) is 1. The van der Waals surface area contributed by atoms with Gasteiger partial charge in [0.25, 0.3) is 0 Å². The van der Waals surface area contributed by atoms with Crippen LogP contribution in [0.4, 0.5) is 0 Å². The predicted molar refractivity (Wildman–Crippen MR) is 77.0 cm³/mol. The van der Waals surface area contributed by atoms with Crippen LogP contribution in [-0.4, -0.2) is 28.5 Å². The number of amides is 1. The number of carboxylic acids is 1. The van der Waals surface area contributed by atoms with Crippen molar-refractivity contribution in [3.63, 3.8) is 0 Å². The van der Waals surface area contributed by atoms with E-state index in [1.54, 1.807) is 0 Å². The highest BCUT2D eigenvalue weighted by molar-refractivity contribution is 7.09. The van der Waals surface area contributed by atoms with E-state index in [1.165, 1.54) is 42.4 Å². The Kier molecular flexibility index (Phi) is 5.52. The van der Waals surface area contributed by atoms with Gasteiger partial charge >= 0.3 is 5.97 Å². The van der Waals surface area contributed by atoms with E-state index in [0.717, 1.165) is 17.3 Å². The first kappa shape index (κ1) is 15.0. The first-order valence-electron chi connectivity index (χ1n) is 7.09. The molecule has 1 aliphatic rings. The summed E-state index contributed by atoms with van der Waals surface area (Å²) in [6.45, 7) is 0.524. The number of carbonyl (C=O) groups is 2. The number of aromatic nitrogens is 1. The molecule has 1 heterocycles. The Hall–Kier alpha value is -1.43. The number of hydrogen-bond acceptors (Lipinski definition) is 4. The largest absolute Gasteiger partial charge is 0.476 e. The molecule has 1 fully saturated rings. The van der Waals surface area contributed by atoms with Gasteiger partial charge in [0, 0.05) is 24.8 Å². The molecular weight excluding hydrogens is 276 g/mol. The smallest absolute Gasteiger partial charge is 0.355 e. The van der Waals surface area contributed by atoms with Gasteiger partial charge in [-0.15, -0.1) is 11.3 Å². The van der Waals surface area contributed by atoms with Crippen LogP contribution in [0.5, 0.6) is 0 Å². The third-order valence-corrected chi connectivity index (χ3v) is 4.59. The lowest BCUT2D eigenvalue weighted by Gasteiger charge is -2.08. The number of carbonyl (C=O) groups excluding carboxylic acids is 1. The Labute approximate surface area is 122 Å². The molecule has 2 N–H and O–H groups in total. The fraction of sp³-hybridized carbons (Fsp3) is 0.643. The zero-order valence-electron chi connectivity index (χ0n) is 11.4. The van der Waals surface area contributed by atoms with Crippen LogP contribution in [0.3, 0.4) is 0 Å². The van der Waals surface area contributed by atoms with Crippen LogP contribution in [0, 0.1) is 5.92 Å². The Bertz CT molecular complexity index is 467. The van der Waals surface area contributed by atoms with Gasteiger partial charge in [-0.25, -0.2) is 9.78 Å². The summed E-state index contributed by atoms with van der Waals surface area (Å²) in [6, 6.07) is 0. The SMILES string of the molecule is O=C(CCC1CCCC1)NCCc1nc(C(=O)O)cs1. The lowest BCUT2D eigenvalue weighted by molar-refractivity contribution is -0.121. The number of thiazole rings is 1. The first-order chi connectivity index (χ1) is 9.65. The molecule has 0 aliphatic heterocycles. The highest BCUT2D eigenvalue weighted by Crippen LogP contribution is 2.28. The summed E-state index contributed by atoms with van der Waals surface area (Å²) in [5.74, 6) is -0.183. The number of hydrogen-bond donors (Lipinski definition) is 2. The highest BCUT2D eigenvalue weighted by Gasteiger charge is 2.16. The summed E-state index contributed by atoms with van der Waals surface area (Å²) in [5, 5.41) is 13.9. The molecule has 0 saturated heterocycles. The van der Waals surface area contributed by atoms with E-state index >= 15 is 0 Å². The molecule has 1 amide bonds. The van der Waals surface area contributed by atoms with Crippen molar-refractivity contribution in [2.24, 2.45) is 5.92 Å². The van der Waals surface area contributed by atoms with Crippen LogP contribution in [0.1, 0.15) is 54.0 Å². The van der Waals surface area contributed by atoms with Gasteiger partial charge in [0.2, 0.25) is 5.91 Å². The van der Waals surface area contributed by atoms with Crippen LogP contribution in [-0.2, 0) is 11.2 Å². The maximum Gasteiger partial charge on any atom is 0.355 e. The van der Waals surface area contributed by atoms with Gasteiger partial charge < -0.3 is 10.4 Å². The molecule has 0 spiro atoms. The van der Waals surface area contributed by atoms with Gasteiger partial charge in [0.15, 0.2) is 5.69 Å². The summed E-state index contributed by atoms with van der Waals surface area (Å²) in [5.41, 5.74) is 0.0811. The van der Waals surface area contributed by atoms with Gasteiger partial charge in [0.05, 0.1) is 5.01 Å². The second-order valence-corrected chi connectivity index (χ2v) is 6.16. The zero-order valence-corrected chi connectivity index (χ0v) is 12.2. The van der Waals surface area contributed by atoms with Crippen molar-refractivity contribution in [1.82, 2.24) is 10.3 Å². The standard InChI is InChI=1S/C14H20N2O3S/c17-12(6-5-10-3-1-2-4-10)15-8-7-13-16-11(9-20-13)14(18)19/h9-10H,1-8H2,(H,15,17)(H,18,19). The average molecular weight is 296 g/mol. The molecule has 0 atom stereocenters. The Morgan fingerprint density at radius 2 is 2.15 bits per heavy atom. The van der Waals surface area contributed by atoms with Crippen LogP contribution >= 0.6 is 11.3 Å². The van der Waals surface area contributed by atoms with Crippen LogP contribution in [0.2, 0.25) is 0 Å². The maximum atomic E-state index is 11.7. The van der Waals surface area contributed by atoms with E-state index in [0.29, 0.717) is 19.4 Å². The minimum Gasteiger partial charge on any atom is -0.476 e. The lowest BCUT2D eigenvalue weighted by atomic mass is 10.0. The second kappa shape index (κ2) is 7.38. The number of aromatic carboxylic acids is 1. The van der Waals surface area contributed by atoms with Crippen molar-refractivity contribution in [2.45, 2.75) is 44.9 Å². The molecule has 2 rings (SSSR count). The van der Waals surface area contributed by atoms with E-state index in [9.17, 15) is 9.59 Å². The van der Waals surface area contributed by atoms with Gasteiger partial charge in [-0.05, 0) is 12.3 Å². The van der Waals surface area contributed by atoms with E-state index in [4.69, 9.17) is 5.11 Å². The average Bonchev–Trinajstić information content (AvgIpc) is 3.07. The summed E-state index contributed by atoms with van der Waals surface area (Å²) in [4.78, 5) is 26.3. The number of nitrogens with one attached hydrogen (secondary N) is 1. The Balaban J connectivity index is 1.61. The molecule has 20 heavy (non-hydrogen) atoms. The molecule has 1 aromatic heterocycles. The molecule has 6 heteroatoms. The first-order valence-corrected chi connectivity index (χ1v) is 7.97. The van der Waals surface area contributed by atoms with E-state index in [1.807, 2.05) is 0 Å². The van der Waals surface area contributed by atoms with E-state index < -0.39 is 5.97 Å². The fourth-order valence-corrected chi connectivity index (χ4v) is 3.33. The van der Waals surface area contributed by atoms with E-state index in [2.05, 4.69) is 10.3 Å². The zero-order chi connectivity index (χ0) is 14.4. The highest BCUT2D eigenvalue weighted by atomic mass is 32.1. The van der Waals surface area contributed by atoms with Crippen molar-refractivity contribution in [3.8, 4) is 0 Å². The molecule has 1 saturated carbocycles. The molecule has 1 aromatic rings. The normalized spacial score (nSPS) is 15.4. The van der Waals surface area contributed by atoms with Crippen molar-refractivity contribution in [1.29, 1.82) is 0 Å². The number of rotatable bonds is 7. The van der Waals surface area contributed by atoms with Crippen LogP contribution in [0.25, 0.3) is 0 Å². The minimum atomic E-state index is -1.01. The summed E-state index contributed by atoms with van der Waals surface area (Å²) in [7, 11) is 0. The monoisotopic (exact) mass is 296 g/mol. The van der Waals surface area contributed by atoms with Crippen molar-refractivity contribution >= 4 is 23.2 Å². The van der Waals surface area contributed by atoms with Gasteiger partial charge in [-0.2, -0.15) is 0 Å². The van der Waals surface area contributed by atoms with Crippen molar-refractivity contribution < 1.29 is 14.7 Å². The van der Waals surface area contributed by atoms with Crippen LogP contribution < -0.4 is 5.32 Å². The summed E-state index contributed by atoms with van der Waals surface area (Å²) < 4.78 is 0. The molecule has 110 valence electrons. The summed E-state index contributed by atoms with van der Waals surface area (Å²) >= 11 is 1.32. The van der Waals surface area contributed by atoms with E-state index in [-0.39, 0.29) is 11.6 Å². The maximum absolute atomic E-state index is 11.7. The van der Waals surface area contributed by atoms with Crippen molar-refractivity contribution in [2.75, 3.05) is 6.54 Å². The quantitative estimate of drug-likeness (QED) is 0.810. The second-order valence-electron chi connectivity index (χ2n) is 5.22. The lowest BCUT2D eigenvalue weighted by Crippen LogP contribution is -2.25. The topological polar surface area (TPSA) is 79.3 Å². The number of carboxylic acid groups (broad SMARTS) is 1. The Morgan fingerprint density at radius 3 is 2.80 bits per heavy atom. The molecule has 0 aromatic carbocycles. The third kappa shape index (κ3) is 4.59. The van der Waals surface area contributed by atoms with Crippen molar-refractivity contribution in [3.05, 3.63) is 16.1 Å². The summed E-state index contributed by atoms with van der Waals surface area (Å²) in [6.07, 6.45) is 7.33. The molecule has 0 radical (unpaired) electrons. The van der Waals surface area contributed by atoms with Gasteiger partial charge in [-0.3, -0.25) is 4.79 Å². The fourth-order valence-electron chi connectivity index (χ4n) is 2.56. The molecule has 5 nitrogen and oxygen atoms in total. The minimum absolute atomic E-state index is 0.0811. The molecule has 0 unspecified atom stereocenters. The predicted octanol–water partition coefficient (Wildman–Crippen LogP) is 2.47.